The lowest BCUT2D eigenvalue weighted by Crippen LogP contribution is -2.46. The number of hydrogen-bond donors (Lipinski definition) is 1. The smallest absolute Gasteiger partial charge is 0.226 e. The number of carbonyl (C=O) groups excluding carboxylic acids is 1. The monoisotopic (exact) mass is 406 g/mol. The van der Waals surface area contributed by atoms with Crippen LogP contribution in [0.3, 0.4) is 0 Å². The molecular formula is C18H25Cl3N2O2. The van der Waals surface area contributed by atoms with Crippen LogP contribution in [0.1, 0.15) is 25.7 Å². The fourth-order valence-corrected chi connectivity index (χ4v) is 3.97. The van der Waals surface area contributed by atoms with Crippen LogP contribution in [-0.2, 0) is 4.79 Å². The molecule has 2 fully saturated rings. The minimum Gasteiger partial charge on any atom is -0.493 e. The highest BCUT2D eigenvalue weighted by molar-refractivity contribution is 6.34. The first-order valence-corrected chi connectivity index (χ1v) is 9.46. The molecule has 1 amide bonds. The van der Waals surface area contributed by atoms with E-state index in [-0.39, 0.29) is 18.3 Å². The van der Waals surface area contributed by atoms with E-state index in [0.29, 0.717) is 34.2 Å². The quantitative estimate of drug-likeness (QED) is 0.819. The predicted molar refractivity (Wildman–Crippen MR) is 104 cm³/mol. The van der Waals surface area contributed by atoms with E-state index in [1.165, 1.54) is 0 Å². The second-order valence-electron chi connectivity index (χ2n) is 6.73. The van der Waals surface area contributed by atoms with Gasteiger partial charge in [0.2, 0.25) is 5.91 Å². The molecule has 7 heteroatoms. The summed E-state index contributed by atoms with van der Waals surface area (Å²) in [6, 6.07) is 5.25. The third kappa shape index (κ3) is 5.92. The molecule has 1 N–H and O–H groups in total. The molecule has 2 aliphatic rings. The largest absolute Gasteiger partial charge is 0.493 e. The Hall–Kier alpha value is -0.680. The molecule has 1 atom stereocenters. The van der Waals surface area contributed by atoms with E-state index in [1.54, 1.807) is 18.2 Å². The molecule has 0 bridgehead atoms. The van der Waals surface area contributed by atoms with Gasteiger partial charge in [-0.3, -0.25) is 4.79 Å². The minimum absolute atomic E-state index is 0. The van der Waals surface area contributed by atoms with Gasteiger partial charge >= 0.3 is 0 Å². The molecule has 0 aliphatic carbocycles. The molecule has 0 aromatic heterocycles. The van der Waals surface area contributed by atoms with Crippen molar-refractivity contribution in [2.24, 2.45) is 11.8 Å². The number of amides is 1. The maximum atomic E-state index is 12.5. The predicted octanol–water partition coefficient (Wildman–Crippen LogP) is 4.03. The Labute approximate surface area is 165 Å². The number of benzene rings is 1. The highest BCUT2D eigenvalue weighted by atomic mass is 35.5. The first kappa shape index (κ1) is 20.6. The van der Waals surface area contributed by atoms with E-state index < -0.39 is 0 Å². The van der Waals surface area contributed by atoms with Gasteiger partial charge in [-0.1, -0.05) is 23.2 Å². The zero-order chi connectivity index (χ0) is 16.9. The number of carbonyl (C=O) groups is 1. The Morgan fingerprint density at radius 2 is 1.84 bits per heavy atom. The Morgan fingerprint density at radius 3 is 2.44 bits per heavy atom. The Bertz CT molecular complexity index is 551. The van der Waals surface area contributed by atoms with Crippen LogP contribution in [0.15, 0.2) is 18.2 Å². The lowest BCUT2D eigenvalue weighted by molar-refractivity contribution is -0.137. The fourth-order valence-electron chi connectivity index (χ4n) is 3.47. The summed E-state index contributed by atoms with van der Waals surface area (Å²) in [4.78, 5) is 14.6. The molecule has 4 nitrogen and oxygen atoms in total. The molecule has 1 unspecified atom stereocenters. The Balaban J connectivity index is 0.00000225. The van der Waals surface area contributed by atoms with Crippen molar-refractivity contribution in [2.75, 3.05) is 32.8 Å². The summed E-state index contributed by atoms with van der Waals surface area (Å²) in [5.41, 5.74) is 0. The SMILES string of the molecule is Cl.O=C(C1CCCNC1)N1CCC(COc2cc(Cl)cc(Cl)c2)CC1. The van der Waals surface area contributed by atoms with Crippen LogP contribution in [-0.4, -0.2) is 43.6 Å². The molecule has 25 heavy (non-hydrogen) atoms. The van der Waals surface area contributed by atoms with Gasteiger partial charge in [-0.25, -0.2) is 0 Å². The van der Waals surface area contributed by atoms with Crippen LogP contribution < -0.4 is 10.1 Å². The van der Waals surface area contributed by atoms with E-state index in [2.05, 4.69) is 5.32 Å². The summed E-state index contributed by atoms with van der Waals surface area (Å²) in [6.45, 7) is 4.18. The van der Waals surface area contributed by atoms with Gasteiger partial charge in [-0.15, -0.1) is 12.4 Å². The van der Waals surface area contributed by atoms with E-state index in [1.807, 2.05) is 4.90 Å². The maximum absolute atomic E-state index is 12.5. The minimum atomic E-state index is 0. The van der Waals surface area contributed by atoms with Gasteiger partial charge in [0.05, 0.1) is 12.5 Å². The van der Waals surface area contributed by atoms with Crippen LogP contribution in [0.4, 0.5) is 0 Å². The number of rotatable bonds is 4. The molecule has 1 aromatic rings. The highest BCUT2D eigenvalue weighted by Gasteiger charge is 2.29. The molecular weight excluding hydrogens is 383 g/mol. The average Bonchev–Trinajstić information content (AvgIpc) is 2.60. The van der Waals surface area contributed by atoms with Crippen molar-refractivity contribution < 1.29 is 9.53 Å². The van der Waals surface area contributed by atoms with Crippen molar-refractivity contribution in [3.05, 3.63) is 28.2 Å². The van der Waals surface area contributed by atoms with Crippen LogP contribution in [0, 0.1) is 11.8 Å². The third-order valence-corrected chi connectivity index (χ3v) is 5.33. The van der Waals surface area contributed by atoms with Crippen molar-refractivity contribution in [3.8, 4) is 5.75 Å². The summed E-state index contributed by atoms with van der Waals surface area (Å²) in [6.07, 6.45) is 4.09. The Morgan fingerprint density at radius 1 is 1.16 bits per heavy atom. The number of hydrogen-bond acceptors (Lipinski definition) is 3. The number of nitrogens with zero attached hydrogens (tertiary/aromatic N) is 1. The second-order valence-corrected chi connectivity index (χ2v) is 7.60. The molecule has 2 aliphatic heterocycles. The molecule has 0 radical (unpaired) electrons. The van der Waals surface area contributed by atoms with Gasteiger partial charge in [-0.05, 0) is 56.3 Å². The lowest BCUT2D eigenvalue weighted by Gasteiger charge is -2.35. The lowest BCUT2D eigenvalue weighted by atomic mass is 9.94. The van der Waals surface area contributed by atoms with E-state index >= 15 is 0 Å². The average molecular weight is 408 g/mol. The van der Waals surface area contributed by atoms with Crippen molar-refractivity contribution in [2.45, 2.75) is 25.7 Å². The van der Waals surface area contributed by atoms with Gasteiger partial charge in [0.25, 0.3) is 0 Å². The van der Waals surface area contributed by atoms with Crippen molar-refractivity contribution in [3.63, 3.8) is 0 Å². The van der Waals surface area contributed by atoms with Gasteiger partial charge in [0.15, 0.2) is 0 Å². The third-order valence-electron chi connectivity index (χ3n) is 4.89. The van der Waals surface area contributed by atoms with Crippen LogP contribution in [0.5, 0.6) is 5.75 Å². The molecule has 2 saturated heterocycles. The molecule has 140 valence electrons. The normalized spacial score (nSPS) is 21.5. The van der Waals surface area contributed by atoms with Gasteiger partial charge < -0.3 is 15.0 Å². The molecule has 3 rings (SSSR count). The van der Waals surface area contributed by atoms with E-state index in [0.717, 1.165) is 51.9 Å². The first-order valence-electron chi connectivity index (χ1n) is 8.70. The number of likely N-dealkylation sites (tertiary alicyclic amines) is 1. The summed E-state index contributed by atoms with van der Waals surface area (Å²) in [5, 5.41) is 4.49. The van der Waals surface area contributed by atoms with Crippen LogP contribution >= 0.6 is 35.6 Å². The highest BCUT2D eigenvalue weighted by Crippen LogP contribution is 2.26. The van der Waals surface area contributed by atoms with E-state index in [4.69, 9.17) is 27.9 Å². The van der Waals surface area contributed by atoms with Gasteiger partial charge in [0, 0.05) is 29.7 Å². The standard InChI is InChI=1S/C18H24Cl2N2O2.ClH/c19-15-8-16(20)10-17(9-15)24-12-13-3-6-22(7-4-13)18(23)14-2-1-5-21-11-14;/h8-10,13-14,21H,1-7,11-12H2;1H. The zero-order valence-corrected chi connectivity index (χ0v) is 16.5. The fraction of sp³-hybridized carbons (Fsp3) is 0.611. The van der Waals surface area contributed by atoms with Crippen molar-refractivity contribution in [1.29, 1.82) is 0 Å². The van der Waals surface area contributed by atoms with Gasteiger partial charge in [-0.2, -0.15) is 0 Å². The summed E-state index contributed by atoms with van der Waals surface area (Å²) < 4.78 is 5.84. The van der Waals surface area contributed by atoms with Crippen LogP contribution in [0.25, 0.3) is 0 Å². The topological polar surface area (TPSA) is 41.6 Å². The van der Waals surface area contributed by atoms with Crippen molar-refractivity contribution in [1.82, 2.24) is 10.2 Å². The molecule has 2 heterocycles. The summed E-state index contributed by atoms with van der Waals surface area (Å²) in [7, 11) is 0. The van der Waals surface area contributed by atoms with E-state index in [9.17, 15) is 4.79 Å². The van der Waals surface area contributed by atoms with Crippen molar-refractivity contribution >= 4 is 41.5 Å². The number of halogens is 3. The summed E-state index contributed by atoms with van der Waals surface area (Å²) in [5.74, 6) is 1.67. The second kappa shape index (κ2) is 9.86. The maximum Gasteiger partial charge on any atom is 0.226 e. The first-order chi connectivity index (χ1) is 11.6. The number of piperidine rings is 2. The number of nitrogens with one attached hydrogen (secondary N) is 1. The molecule has 1 aromatic carbocycles. The number of ether oxygens (including phenoxy) is 1. The Kier molecular flexibility index (Phi) is 8.14. The molecule has 0 spiro atoms. The molecule has 0 saturated carbocycles. The van der Waals surface area contributed by atoms with Gasteiger partial charge in [0.1, 0.15) is 5.75 Å². The zero-order valence-electron chi connectivity index (χ0n) is 14.2. The van der Waals surface area contributed by atoms with Crippen LogP contribution in [0.2, 0.25) is 10.0 Å². The summed E-state index contributed by atoms with van der Waals surface area (Å²) >= 11 is 12.0.